The number of amides is 1. The number of likely N-dealkylation sites (tertiary alicyclic amines) is 1. The highest BCUT2D eigenvalue weighted by atomic mass is 16.2. The van der Waals surface area contributed by atoms with Gasteiger partial charge in [0, 0.05) is 19.5 Å². The quantitative estimate of drug-likeness (QED) is 0.575. The number of hydrogen-bond acceptors (Lipinski definition) is 1. The Hall–Kier alpha value is -0.530. The summed E-state index contributed by atoms with van der Waals surface area (Å²) in [4.78, 5) is 13.3. The Balaban J connectivity index is 1.90. The lowest BCUT2D eigenvalue weighted by atomic mass is 10.1. The second-order valence-electron chi connectivity index (χ2n) is 4.25. The lowest BCUT2D eigenvalue weighted by Crippen LogP contribution is -2.25. The van der Waals surface area contributed by atoms with E-state index in [0.717, 1.165) is 25.9 Å². The van der Waals surface area contributed by atoms with E-state index in [1.54, 1.807) is 0 Å². The molecule has 82 valence electrons. The fourth-order valence-electron chi connectivity index (χ4n) is 2.02. The van der Waals surface area contributed by atoms with Gasteiger partial charge in [-0.2, -0.15) is 0 Å². The van der Waals surface area contributed by atoms with Crippen molar-refractivity contribution in [1.29, 1.82) is 0 Å². The molecule has 1 amide bonds. The van der Waals surface area contributed by atoms with Crippen molar-refractivity contribution in [2.24, 2.45) is 0 Å². The normalized spacial score (nSPS) is 16.6. The van der Waals surface area contributed by atoms with Crippen molar-refractivity contribution >= 4 is 5.91 Å². The van der Waals surface area contributed by atoms with Crippen molar-refractivity contribution in [3.05, 3.63) is 0 Å². The molecule has 1 aliphatic rings. The van der Waals surface area contributed by atoms with Crippen molar-refractivity contribution in [2.75, 3.05) is 13.1 Å². The van der Waals surface area contributed by atoms with Crippen molar-refractivity contribution in [3.8, 4) is 0 Å². The molecule has 0 saturated carbocycles. The summed E-state index contributed by atoms with van der Waals surface area (Å²) in [6.07, 6.45) is 9.75. The summed E-state index contributed by atoms with van der Waals surface area (Å²) in [6, 6.07) is 0. The van der Waals surface area contributed by atoms with Crippen molar-refractivity contribution in [1.82, 2.24) is 4.90 Å². The Labute approximate surface area is 87.7 Å². The third kappa shape index (κ3) is 4.12. The van der Waals surface area contributed by atoms with Crippen molar-refractivity contribution < 1.29 is 4.79 Å². The second kappa shape index (κ2) is 6.86. The standard InChI is InChI=1S/C12H23NO/c1-2-3-4-5-6-7-10-13-11-8-9-12(13)14/h2-11H2,1H3. The number of rotatable bonds is 7. The molecular formula is C12H23NO. The molecule has 0 N–H and O–H groups in total. The van der Waals surface area contributed by atoms with Crippen LogP contribution in [0.5, 0.6) is 0 Å². The molecule has 0 aromatic heterocycles. The van der Waals surface area contributed by atoms with Gasteiger partial charge >= 0.3 is 0 Å². The van der Waals surface area contributed by atoms with E-state index in [9.17, 15) is 4.79 Å². The highest BCUT2D eigenvalue weighted by molar-refractivity contribution is 5.77. The van der Waals surface area contributed by atoms with E-state index in [2.05, 4.69) is 6.92 Å². The van der Waals surface area contributed by atoms with Gasteiger partial charge in [-0.05, 0) is 12.8 Å². The lowest BCUT2D eigenvalue weighted by molar-refractivity contribution is -0.127. The zero-order chi connectivity index (χ0) is 10.2. The summed E-state index contributed by atoms with van der Waals surface area (Å²) in [7, 11) is 0. The van der Waals surface area contributed by atoms with E-state index in [1.165, 1.54) is 38.5 Å². The van der Waals surface area contributed by atoms with Gasteiger partial charge in [0.15, 0.2) is 0 Å². The van der Waals surface area contributed by atoms with Crippen LogP contribution < -0.4 is 0 Å². The molecule has 0 atom stereocenters. The maximum atomic E-state index is 11.3. The molecule has 1 fully saturated rings. The number of carbonyl (C=O) groups excluding carboxylic acids is 1. The van der Waals surface area contributed by atoms with E-state index in [0.29, 0.717) is 5.91 Å². The molecule has 1 heterocycles. The highest BCUT2D eigenvalue weighted by Gasteiger charge is 2.18. The number of hydrogen-bond donors (Lipinski definition) is 0. The Morgan fingerprint density at radius 3 is 2.50 bits per heavy atom. The summed E-state index contributed by atoms with van der Waals surface area (Å²) < 4.78 is 0. The topological polar surface area (TPSA) is 20.3 Å². The maximum absolute atomic E-state index is 11.3. The van der Waals surface area contributed by atoms with Crippen LogP contribution in [0.15, 0.2) is 0 Å². The van der Waals surface area contributed by atoms with Gasteiger partial charge in [0.05, 0.1) is 0 Å². The third-order valence-corrected chi connectivity index (χ3v) is 2.95. The average molecular weight is 197 g/mol. The van der Waals surface area contributed by atoms with Crippen LogP contribution in [-0.2, 0) is 4.79 Å². The van der Waals surface area contributed by atoms with Crippen LogP contribution in [0.1, 0.15) is 58.3 Å². The molecule has 1 rings (SSSR count). The smallest absolute Gasteiger partial charge is 0.222 e. The van der Waals surface area contributed by atoms with Crippen LogP contribution >= 0.6 is 0 Å². The minimum Gasteiger partial charge on any atom is -0.343 e. The van der Waals surface area contributed by atoms with Crippen LogP contribution in [0, 0.1) is 0 Å². The van der Waals surface area contributed by atoms with Gasteiger partial charge < -0.3 is 4.90 Å². The minimum absolute atomic E-state index is 0.374. The average Bonchev–Trinajstić information content (AvgIpc) is 2.58. The highest BCUT2D eigenvalue weighted by Crippen LogP contribution is 2.12. The van der Waals surface area contributed by atoms with Crippen molar-refractivity contribution in [3.63, 3.8) is 0 Å². The summed E-state index contributed by atoms with van der Waals surface area (Å²) in [5, 5.41) is 0. The molecule has 0 radical (unpaired) electrons. The van der Waals surface area contributed by atoms with Crippen LogP contribution in [0.3, 0.4) is 0 Å². The van der Waals surface area contributed by atoms with E-state index < -0.39 is 0 Å². The number of carbonyl (C=O) groups is 1. The Morgan fingerprint density at radius 2 is 1.86 bits per heavy atom. The van der Waals surface area contributed by atoms with Gasteiger partial charge in [-0.15, -0.1) is 0 Å². The van der Waals surface area contributed by atoms with Gasteiger partial charge in [-0.3, -0.25) is 4.79 Å². The first kappa shape index (κ1) is 11.5. The summed E-state index contributed by atoms with van der Waals surface area (Å²) in [6.45, 7) is 4.25. The second-order valence-corrected chi connectivity index (χ2v) is 4.25. The van der Waals surface area contributed by atoms with Crippen LogP contribution in [0.4, 0.5) is 0 Å². The van der Waals surface area contributed by atoms with Gasteiger partial charge in [0.1, 0.15) is 0 Å². The molecule has 0 aliphatic carbocycles. The van der Waals surface area contributed by atoms with E-state index >= 15 is 0 Å². The SMILES string of the molecule is CCCCCCCCN1CCCC1=O. The zero-order valence-electron chi connectivity index (χ0n) is 9.43. The molecule has 0 spiro atoms. The number of nitrogens with zero attached hydrogens (tertiary/aromatic N) is 1. The van der Waals surface area contributed by atoms with Crippen molar-refractivity contribution in [2.45, 2.75) is 58.3 Å². The minimum atomic E-state index is 0.374. The van der Waals surface area contributed by atoms with E-state index in [4.69, 9.17) is 0 Å². The summed E-state index contributed by atoms with van der Waals surface area (Å²) in [5.41, 5.74) is 0. The molecule has 1 saturated heterocycles. The monoisotopic (exact) mass is 197 g/mol. The first-order valence-electron chi connectivity index (χ1n) is 6.12. The third-order valence-electron chi connectivity index (χ3n) is 2.95. The predicted octanol–water partition coefficient (Wildman–Crippen LogP) is 2.97. The molecule has 0 bridgehead atoms. The molecular weight excluding hydrogens is 174 g/mol. The first-order valence-corrected chi connectivity index (χ1v) is 6.12. The zero-order valence-corrected chi connectivity index (χ0v) is 9.43. The predicted molar refractivity (Wildman–Crippen MR) is 59.2 cm³/mol. The van der Waals surface area contributed by atoms with Gasteiger partial charge in [0.2, 0.25) is 5.91 Å². The molecule has 2 nitrogen and oxygen atoms in total. The maximum Gasteiger partial charge on any atom is 0.222 e. The van der Waals surface area contributed by atoms with Crippen LogP contribution in [-0.4, -0.2) is 23.9 Å². The summed E-state index contributed by atoms with van der Waals surface area (Å²) >= 11 is 0. The molecule has 14 heavy (non-hydrogen) atoms. The Bertz CT molecular complexity index is 168. The summed E-state index contributed by atoms with van der Waals surface area (Å²) in [5.74, 6) is 0.374. The van der Waals surface area contributed by atoms with Gasteiger partial charge in [-0.1, -0.05) is 39.0 Å². The lowest BCUT2D eigenvalue weighted by Gasteiger charge is -2.14. The Kier molecular flexibility index (Phi) is 5.65. The van der Waals surface area contributed by atoms with E-state index in [-0.39, 0.29) is 0 Å². The van der Waals surface area contributed by atoms with Crippen LogP contribution in [0.25, 0.3) is 0 Å². The number of unbranched alkanes of at least 4 members (excludes halogenated alkanes) is 5. The Morgan fingerprint density at radius 1 is 1.14 bits per heavy atom. The fourth-order valence-corrected chi connectivity index (χ4v) is 2.02. The largest absolute Gasteiger partial charge is 0.343 e. The molecule has 0 aromatic rings. The van der Waals surface area contributed by atoms with Gasteiger partial charge in [-0.25, -0.2) is 0 Å². The molecule has 0 unspecified atom stereocenters. The van der Waals surface area contributed by atoms with Gasteiger partial charge in [0.25, 0.3) is 0 Å². The van der Waals surface area contributed by atoms with Crippen LogP contribution in [0.2, 0.25) is 0 Å². The fraction of sp³-hybridized carbons (Fsp3) is 0.917. The first-order chi connectivity index (χ1) is 6.84. The molecule has 1 aliphatic heterocycles. The molecule has 0 aromatic carbocycles. The van der Waals surface area contributed by atoms with E-state index in [1.807, 2.05) is 4.90 Å². The molecule has 2 heteroatoms.